The second-order valence-corrected chi connectivity index (χ2v) is 9.13. The molecule has 0 aliphatic carbocycles. The lowest BCUT2D eigenvalue weighted by Gasteiger charge is -2.40. The molecule has 0 aromatic carbocycles. The van der Waals surface area contributed by atoms with Gasteiger partial charge in [0.15, 0.2) is 5.13 Å². The number of nitrogens with zero attached hydrogens (tertiary/aromatic N) is 6. The molecule has 2 fully saturated rings. The number of aromatic nitrogens is 3. The molecule has 5 rings (SSSR count). The third-order valence-electron chi connectivity index (χ3n) is 6.24. The Bertz CT molecular complexity index is 1090. The summed E-state index contributed by atoms with van der Waals surface area (Å²) in [4.78, 5) is 18.6. The third-order valence-corrected chi connectivity index (χ3v) is 7.32. The van der Waals surface area contributed by atoms with Crippen molar-refractivity contribution in [1.29, 1.82) is 5.26 Å². The van der Waals surface area contributed by atoms with Crippen molar-refractivity contribution in [2.45, 2.75) is 38.1 Å². The van der Waals surface area contributed by atoms with Crippen LogP contribution in [0.1, 0.15) is 37.7 Å². The molecular formula is C22H25N7S. The average Bonchev–Trinajstić information content (AvgIpc) is 3.23. The summed E-state index contributed by atoms with van der Waals surface area (Å²) < 4.78 is 1.10. The lowest BCUT2D eigenvalue weighted by atomic mass is 10.0. The minimum absolute atomic E-state index is 0.246. The van der Waals surface area contributed by atoms with Crippen molar-refractivity contribution in [3.8, 4) is 17.3 Å². The molecule has 0 amide bonds. The van der Waals surface area contributed by atoms with Gasteiger partial charge in [-0.15, -0.1) is 0 Å². The first-order valence-electron chi connectivity index (χ1n) is 10.6. The van der Waals surface area contributed by atoms with Crippen LogP contribution in [0.4, 0.5) is 10.9 Å². The number of anilines is 2. The molecule has 0 unspecified atom stereocenters. The molecule has 0 atom stereocenters. The van der Waals surface area contributed by atoms with Gasteiger partial charge < -0.3 is 15.5 Å². The van der Waals surface area contributed by atoms with Gasteiger partial charge >= 0.3 is 0 Å². The van der Waals surface area contributed by atoms with Crippen LogP contribution in [0.25, 0.3) is 21.5 Å². The van der Waals surface area contributed by atoms with Gasteiger partial charge in [0.05, 0.1) is 22.2 Å². The van der Waals surface area contributed by atoms with E-state index in [1.54, 1.807) is 23.6 Å². The Morgan fingerprint density at radius 3 is 2.60 bits per heavy atom. The van der Waals surface area contributed by atoms with Crippen molar-refractivity contribution in [1.82, 2.24) is 19.9 Å². The molecule has 2 saturated heterocycles. The molecule has 2 aliphatic rings. The Morgan fingerprint density at radius 2 is 1.83 bits per heavy atom. The number of fused-ring (bicyclic) bond motifs is 1. The average molecular weight is 420 g/mol. The van der Waals surface area contributed by atoms with Crippen LogP contribution < -0.4 is 10.6 Å². The van der Waals surface area contributed by atoms with E-state index in [0.717, 1.165) is 45.7 Å². The standard InChI is InChI=1S/C22H25N7S/c23-12-15-10-16(13-26-21(15)24)18-11-20-19(14-25-18)27-22(30-20)29-8-4-17(5-9-29)28-6-2-1-3-7-28/h10-11,13-14,17H,1-9H2,(H2,24,26). The van der Waals surface area contributed by atoms with Crippen LogP contribution in [0.3, 0.4) is 0 Å². The van der Waals surface area contributed by atoms with Gasteiger partial charge in [-0.1, -0.05) is 17.8 Å². The Morgan fingerprint density at radius 1 is 1.03 bits per heavy atom. The predicted octanol–water partition coefficient (Wildman–Crippen LogP) is 3.66. The molecule has 7 nitrogen and oxygen atoms in total. The van der Waals surface area contributed by atoms with Crippen molar-refractivity contribution in [3.05, 3.63) is 30.1 Å². The fourth-order valence-corrected chi connectivity index (χ4v) is 5.55. The molecule has 0 bridgehead atoms. The maximum atomic E-state index is 9.20. The van der Waals surface area contributed by atoms with Crippen LogP contribution in [0.5, 0.6) is 0 Å². The first-order chi connectivity index (χ1) is 14.7. The zero-order valence-corrected chi connectivity index (χ0v) is 17.7. The fourth-order valence-electron chi connectivity index (χ4n) is 4.52. The maximum Gasteiger partial charge on any atom is 0.186 e. The number of piperidine rings is 2. The highest BCUT2D eigenvalue weighted by molar-refractivity contribution is 7.22. The zero-order chi connectivity index (χ0) is 20.5. The Labute approximate surface area is 180 Å². The molecule has 2 aliphatic heterocycles. The minimum atomic E-state index is 0.246. The summed E-state index contributed by atoms with van der Waals surface area (Å²) in [6, 6.07) is 6.59. The van der Waals surface area contributed by atoms with Gasteiger partial charge in [-0.2, -0.15) is 5.26 Å². The van der Waals surface area contributed by atoms with Crippen molar-refractivity contribution in [2.75, 3.05) is 36.8 Å². The summed E-state index contributed by atoms with van der Waals surface area (Å²) in [7, 11) is 0. The molecule has 154 valence electrons. The smallest absolute Gasteiger partial charge is 0.186 e. The number of hydrogen-bond donors (Lipinski definition) is 1. The summed E-state index contributed by atoms with van der Waals surface area (Å²) in [5, 5.41) is 10.3. The first kappa shape index (κ1) is 19.2. The van der Waals surface area contributed by atoms with Crippen LogP contribution in [-0.4, -0.2) is 52.1 Å². The van der Waals surface area contributed by atoms with Gasteiger partial charge in [0, 0.05) is 30.9 Å². The fraction of sp³-hybridized carbons (Fsp3) is 0.455. The summed E-state index contributed by atoms with van der Waals surface area (Å²) in [5.41, 5.74) is 8.60. The lowest BCUT2D eigenvalue weighted by Crippen LogP contribution is -2.46. The van der Waals surface area contributed by atoms with E-state index in [1.807, 2.05) is 12.3 Å². The van der Waals surface area contributed by atoms with E-state index in [9.17, 15) is 5.26 Å². The second kappa shape index (κ2) is 8.17. The van der Waals surface area contributed by atoms with Gasteiger partial charge in [-0.25, -0.2) is 9.97 Å². The number of hydrogen-bond acceptors (Lipinski definition) is 8. The monoisotopic (exact) mass is 419 g/mol. The maximum absolute atomic E-state index is 9.20. The number of nitrogens with two attached hydrogens (primary N) is 1. The van der Waals surface area contributed by atoms with Crippen LogP contribution >= 0.6 is 11.3 Å². The Balaban J connectivity index is 1.33. The molecule has 8 heteroatoms. The van der Waals surface area contributed by atoms with Gasteiger partial charge in [0.25, 0.3) is 0 Å². The highest BCUT2D eigenvalue weighted by Crippen LogP contribution is 2.33. The van der Waals surface area contributed by atoms with Crippen molar-refractivity contribution in [2.24, 2.45) is 0 Å². The van der Waals surface area contributed by atoms with Gasteiger partial charge in [-0.05, 0) is 50.9 Å². The van der Waals surface area contributed by atoms with E-state index in [2.05, 4.69) is 25.8 Å². The summed E-state index contributed by atoms with van der Waals surface area (Å²) in [6.45, 7) is 4.67. The van der Waals surface area contributed by atoms with E-state index in [1.165, 1.54) is 45.2 Å². The van der Waals surface area contributed by atoms with E-state index in [0.29, 0.717) is 5.56 Å². The Kier molecular flexibility index (Phi) is 5.23. The van der Waals surface area contributed by atoms with Crippen molar-refractivity contribution < 1.29 is 0 Å². The van der Waals surface area contributed by atoms with Crippen LogP contribution in [0.2, 0.25) is 0 Å². The molecule has 2 N–H and O–H groups in total. The van der Waals surface area contributed by atoms with Gasteiger partial charge in [-0.3, -0.25) is 4.98 Å². The van der Waals surface area contributed by atoms with Crippen molar-refractivity contribution >= 4 is 32.5 Å². The molecule has 3 aromatic rings. The van der Waals surface area contributed by atoms with E-state index in [-0.39, 0.29) is 5.82 Å². The van der Waals surface area contributed by atoms with Crippen LogP contribution in [-0.2, 0) is 0 Å². The topological polar surface area (TPSA) is 95.0 Å². The molecule has 30 heavy (non-hydrogen) atoms. The van der Waals surface area contributed by atoms with Crippen LogP contribution in [0.15, 0.2) is 24.5 Å². The lowest BCUT2D eigenvalue weighted by molar-refractivity contribution is 0.141. The quantitative estimate of drug-likeness (QED) is 0.692. The SMILES string of the molecule is N#Cc1cc(-c2cc3sc(N4CCC(N5CCCCC5)CC4)nc3cn2)cnc1N. The zero-order valence-electron chi connectivity index (χ0n) is 16.9. The second-order valence-electron chi connectivity index (χ2n) is 8.12. The van der Waals surface area contributed by atoms with E-state index >= 15 is 0 Å². The number of nitrogen functional groups attached to an aromatic ring is 1. The molecule has 3 aromatic heterocycles. The highest BCUT2D eigenvalue weighted by atomic mass is 32.1. The number of nitriles is 1. The molecule has 0 saturated carbocycles. The third kappa shape index (κ3) is 3.71. The minimum Gasteiger partial charge on any atom is -0.383 e. The molecular weight excluding hydrogens is 394 g/mol. The summed E-state index contributed by atoms with van der Waals surface area (Å²) in [6.07, 6.45) is 10.0. The number of thiazole rings is 1. The van der Waals surface area contributed by atoms with Crippen molar-refractivity contribution in [3.63, 3.8) is 0 Å². The normalized spacial score (nSPS) is 18.6. The summed E-state index contributed by atoms with van der Waals surface area (Å²) in [5.74, 6) is 0.246. The molecule has 5 heterocycles. The highest BCUT2D eigenvalue weighted by Gasteiger charge is 2.26. The number of rotatable bonds is 3. The molecule has 0 radical (unpaired) electrons. The van der Waals surface area contributed by atoms with Gasteiger partial charge in [0.2, 0.25) is 0 Å². The van der Waals surface area contributed by atoms with Gasteiger partial charge in [0.1, 0.15) is 17.4 Å². The number of likely N-dealkylation sites (tertiary alicyclic amines) is 1. The Hall–Kier alpha value is -2.76. The van der Waals surface area contributed by atoms with E-state index in [4.69, 9.17) is 10.7 Å². The first-order valence-corrected chi connectivity index (χ1v) is 11.4. The van der Waals surface area contributed by atoms with Crippen LogP contribution in [0, 0.1) is 11.3 Å². The van der Waals surface area contributed by atoms with E-state index < -0.39 is 0 Å². The largest absolute Gasteiger partial charge is 0.383 e. The number of pyridine rings is 2. The predicted molar refractivity (Wildman–Crippen MR) is 120 cm³/mol. The molecule has 0 spiro atoms. The summed E-state index contributed by atoms with van der Waals surface area (Å²) >= 11 is 1.71.